The summed E-state index contributed by atoms with van der Waals surface area (Å²) in [6, 6.07) is 6.53. The second kappa shape index (κ2) is 7.66. The number of primary amides is 1. The van der Waals surface area contributed by atoms with Crippen LogP contribution in [-0.4, -0.2) is 25.0 Å². The molecule has 116 valence electrons. The molecule has 2 rings (SSSR count). The molecule has 1 aliphatic carbocycles. The van der Waals surface area contributed by atoms with Crippen molar-refractivity contribution in [3.05, 3.63) is 28.8 Å². The molecule has 0 unspecified atom stereocenters. The van der Waals surface area contributed by atoms with Crippen molar-refractivity contribution in [2.45, 2.75) is 45.2 Å². The fourth-order valence-electron chi connectivity index (χ4n) is 2.41. The van der Waals surface area contributed by atoms with Crippen LogP contribution in [-0.2, 0) is 11.3 Å². The molecule has 1 fully saturated rings. The van der Waals surface area contributed by atoms with E-state index in [1.54, 1.807) is 0 Å². The SMILES string of the molecule is CCCCN(CC(N)=O)c1c(Cl)cccc1CNC1CC1. The van der Waals surface area contributed by atoms with Crippen molar-refractivity contribution in [2.75, 3.05) is 18.0 Å². The topological polar surface area (TPSA) is 58.4 Å². The summed E-state index contributed by atoms with van der Waals surface area (Å²) >= 11 is 6.40. The van der Waals surface area contributed by atoms with Gasteiger partial charge in [0.25, 0.3) is 0 Å². The van der Waals surface area contributed by atoms with Crippen molar-refractivity contribution in [1.82, 2.24) is 5.32 Å². The number of hydrogen-bond acceptors (Lipinski definition) is 3. The van der Waals surface area contributed by atoms with Gasteiger partial charge in [0.05, 0.1) is 17.3 Å². The number of nitrogens with two attached hydrogens (primary N) is 1. The van der Waals surface area contributed by atoms with Crippen LogP contribution in [0.1, 0.15) is 38.2 Å². The summed E-state index contributed by atoms with van der Waals surface area (Å²) in [4.78, 5) is 13.4. The van der Waals surface area contributed by atoms with Crippen LogP contribution in [0.4, 0.5) is 5.69 Å². The molecule has 1 amide bonds. The first-order valence-electron chi connectivity index (χ1n) is 7.65. The highest BCUT2D eigenvalue weighted by atomic mass is 35.5. The van der Waals surface area contributed by atoms with Gasteiger partial charge in [-0.15, -0.1) is 0 Å². The monoisotopic (exact) mass is 309 g/mol. The lowest BCUT2D eigenvalue weighted by molar-refractivity contribution is -0.116. The summed E-state index contributed by atoms with van der Waals surface area (Å²) in [5.41, 5.74) is 7.47. The zero-order valence-corrected chi connectivity index (χ0v) is 13.3. The minimum Gasteiger partial charge on any atom is -0.368 e. The maximum atomic E-state index is 11.4. The maximum absolute atomic E-state index is 11.4. The van der Waals surface area contributed by atoms with Crippen molar-refractivity contribution < 1.29 is 4.79 Å². The van der Waals surface area contributed by atoms with Gasteiger partial charge in [0.15, 0.2) is 0 Å². The Morgan fingerprint density at radius 3 is 2.86 bits per heavy atom. The van der Waals surface area contributed by atoms with Crippen LogP contribution in [0.3, 0.4) is 0 Å². The zero-order chi connectivity index (χ0) is 15.2. The Labute approximate surface area is 131 Å². The van der Waals surface area contributed by atoms with E-state index in [2.05, 4.69) is 18.3 Å². The smallest absolute Gasteiger partial charge is 0.236 e. The van der Waals surface area contributed by atoms with Crippen LogP contribution in [0.2, 0.25) is 5.02 Å². The molecule has 0 saturated heterocycles. The predicted molar refractivity (Wildman–Crippen MR) is 87.6 cm³/mol. The van der Waals surface area contributed by atoms with E-state index in [0.29, 0.717) is 11.1 Å². The van der Waals surface area contributed by atoms with Gasteiger partial charge in [-0.25, -0.2) is 0 Å². The summed E-state index contributed by atoms with van der Waals surface area (Å²) in [5.74, 6) is -0.327. The molecule has 0 aromatic heterocycles. The molecule has 21 heavy (non-hydrogen) atoms. The quantitative estimate of drug-likeness (QED) is 0.737. The fourth-order valence-corrected chi connectivity index (χ4v) is 2.72. The predicted octanol–water partition coefficient (Wildman–Crippen LogP) is 2.68. The summed E-state index contributed by atoms with van der Waals surface area (Å²) in [5, 5.41) is 4.19. The molecule has 1 aliphatic rings. The van der Waals surface area contributed by atoms with Crippen LogP contribution in [0.5, 0.6) is 0 Å². The van der Waals surface area contributed by atoms with E-state index in [0.717, 1.165) is 37.2 Å². The number of rotatable bonds is 9. The van der Waals surface area contributed by atoms with Gasteiger partial charge in [0.2, 0.25) is 5.91 Å². The van der Waals surface area contributed by atoms with Gasteiger partial charge in [-0.3, -0.25) is 4.79 Å². The van der Waals surface area contributed by atoms with E-state index in [9.17, 15) is 4.79 Å². The number of carbonyl (C=O) groups is 1. The Hall–Kier alpha value is -1.26. The van der Waals surface area contributed by atoms with Gasteiger partial charge in [0.1, 0.15) is 0 Å². The first-order chi connectivity index (χ1) is 10.1. The van der Waals surface area contributed by atoms with E-state index >= 15 is 0 Å². The van der Waals surface area contributed by atoms with Gasteiger partial charge in [-0.1, -0.05) is 37.1 Å². The summed E-state index contributed by atoms with van der Waals surface area (Å²) < 4.78 is 0. The largest absolute Gasteiger partial charge is 0.368 e. The summed E-state index contributed by atoms with van der Waals surface area (Å²) in [6.45, 7) is 3.91. The minimum absolute atomic E-state index is 0.208. The molecule has 0 spiro atoms. The molecule has 3 N–H and O–H groups in total. The van der Waals surface area contributed by atoms with Crippen LogP contribution < -0.4 is 16.0 Å². The lowest BCUT2D eigenvalue weighted by Gasteiger charge is -2.27. The lowest BCUT2D eigenvalue weighted by atomic mass is 10.1. The summed E-state index contributed by atoms with van der Waals surface area (Å²) in [6.07, 6.45) is 4.57. The molecule has 4 nitrogen and oxygen atoms in total. The van der Waals surface area contributed by atoms with Gasteiger partial charge in [0, 0.05) is 19.1 Å². The van der Waals surface area contributed by atoms with Gasteiger partial charge < -0.3 is 16.0 Å². The molecule has 5 heteroatoms. The number of hydrogen-bond donors (Lipinski definition) is 2. The van der Waals surface area contributed by atoms with Crippen LogP contribution in [0, 0.1) is 0 Å². The minimum atomic E-state index is -0.327. The number of nitrogens with zero attached hydrogens (tertiary/aromatic N) is 1. The second-order valence-electron chi connectivity index (χ2n) is 5.64. The fraction of sp³-hybridized carbons (Fsp3) is 0.562. The molecule has 1 aromatic carbocycles. The Bertz CT molecular complexity index is 488. The van der Waals surface area contributed by atoms with E-state index in [1.807, 2.05) is 17.0 Å². The number of anilines is 1. The van der Waals surface area contributed by atoms with E-state index in [-0.39, 0.29) is 12.5 Å². The highest BCUT2D eigenvalue weighted by Gasteiger charge is 2.22. The van der Waals surface area contributed by atoms with Crippen LogP contribution in [0.15, 0.2) is 18.2 Å². The number of amides is 1. The molecule has 0 radical (unpaired) electrons. The van der Waals surface area contributed by atoms with Crippen molar-refractivity contribution in [1.29, 1.82) is 0 Å². The number of nitrogens with one attached hydrogen (secondary N) is 1. The molecule has 0 bridgehead atoms. The third kappa shape index (κ3) is 4.90. The van der Waals surface area contributed by atoms with Gasteiger partial charge in [-0.2, -0.15) is 0 Å². The Morgan fingerprint density at radius 1 is 1.48 bits per heavy atom. The highest BCUT2D eigenvalue weighted by molar-refractivity contribution is 6.33. The Kier molecular flexibility index (Phi) is 5.88. The van der Waals surface area contributed by atoms with Crippen LogP contribution in [0.25, 0.3) is 0 Å². The second-order valence-corrected chi connectivity index (χ2v) is 6.05. The Balaban J connectivity index is 2.20. The van der Waals surface area contributed by atoms with E-state index in [4.69, 9.17) is 17.3 Å². The number of unbranched alkanes of at least 4 members (excludes halogenated alkanes) is 1. The Morgan fingerprint density at radius 2 is 2.24 bits per heavy atom. The molecule has 0 heterocycles. The van der Waals surface area contributed by atoms with Crippen molar-refractivity contribution in [3.63, 3.8) is 0 Å². The van der Waals surface area contributed by atoms with Crippen molar-refractivity contribution >= 4 is 23.2 Å². The standard InChI is InChI=1S/C16H24ClN3O/c1-2-3-9-20(11-15(18)21)16-12(5-4-6-14(16)17)10-19-13-7-8-13/h4-6,13,19H,2-3,7-11H2,1H3,(H2,18,21). The molecular weight excluding hydrogens is 286 g/mol. The van der Waals surface area contributed by atoms with Gasteiger partial charge in [-0.05, 0) is 30.9 Å². The van der Waals surface area contributed by atoms with E-state index in [1.165, 1.54) is 12.8 Å². The lowest BCUT2D eigenvalue weighted by Crippen LogP contribution is -2.35. The molecule has 1 saturated carbocycles. The number of halogens is 1. The molecule has 1 aromatic rings. The zero-order valence-electron chi connectivity index (χ0n) is 12.6. The third-order valence-electron chi connectivity index (χ3n) is 3.67. The van der Waals surface area contributed by atoms with Crippen LogP contribution >= 0.6 is 11.6 Å². The third-order valence-corrected chi connectivity index (χ3v) is 3.98. The average molecular weight is 310 g/mol. The van der Waals surface area contributed by atoms with Gasteiger partial charge >= 0.3 is 0 Å². The number of carbonyl (C=O) groups excluding carboxylic acids is 1. The number of benzene rings is 1. The first-order valence-corrected chi connectivity index (χ1v) is 8.03. The van der Waals surface area contributed by atoms with E-state index < -0.39 is 0 Å². The van der Waals surface area contributed by atoms with Crippen molar-refractivity contribution in [2.24, 2.45) is 5.73 Å². The first kappa shape index (κ1) is 16.1. The molecule has 0 atom stereocenters. The average Bonchev–Trinajstić information content (AvgIpc) is 3.25. The summed E-state index contributed by atoms with van der Waals surface area (Å²) in [7, 11) is 0. The number of para-hydroxylation sites is 1. The molecular formula is C16H24ClN3O. The van der Waals surface area contributed by atoms with Crippen molar-refractivity contribution in [3.8, 4) is 0 Å². The normalized spacial score (nSPS) is 14.2. The maximum Gasteiger partial charge on any atom is 0.236 e. The highest BCUT2D eigenvalue weighted by Crippen LogP contribution is 2.31. The molecule has 0 aliphatic heterocycles.